The van der Waals surface area contributed by atoms with Gasteiger partial charge in [0.1, 0.15) is 0 Å². The van der Waals surface area contributed by atoms with Crippen molar-refractivity contribution in [2.75, 3.05) is 12.3 Å². The molecule has 14 heavy (non-hydrogen) atoms. The van der Waals surface area contributed by atoms with Crippen LogP contribution in [0.5, 0.6) is 0 Å². The highest BCUT2D eigenvalue weighted by atomic mass is 32.2. The normalized spacial score (nSPS) is 29.3. The Bertz CT molecular complexity index is 184. The van der Waals surface area contributed by atoms with Crippen LogP contribution in [-0.2, 0) is 10.8 Å². The van der Waals surface area contributed by atoms with Crippen molar-refractivity contribution in [1.29, 1.82) is 0 Å². The van der Waals surface area contributed by atoms with Crippen molar-refractivity contribution in [3.8, 4) is 0 Å². The first-order valence-electron chi connectivity index (χ1n) is 5.88. The lowest BCUT2D eigenvalue weighted by Crippen LogP contribution is -2.28. The molecule has 0 aliphatic heterocycles. The average molecular weight is 217 g/mol. The van der Waals surface area contributed by atoms with Gasteiger partial charge in [-0.2, -0.15) is 0 Å². The van der Waals surface area contributed by atoms with Gasteiger partial charge in [0.05, 0.1) is 0 Å². The van der Waals surface area contributed by atoms with Gasteiger partial charge in [-0.05, 0) is 38.6 Å². The van der Waals surface area contributed by atoms with E-state index in [2.05, 4.69) is 19.2 Å². The maximum atomic E-state index is 11.7. The summed E-state index contributed by atoms with van der Waals surface area (Å²) in [6, 6.07) is 0.640. The summed E-state index contributed by atoms with van der Waals surface area (Å²) in [5, 5.41) is 4.00. The minimum atomic E-state index is -0.562. The maximum absolute atomic E-state index is 11.7. The second kappa shape index (κ2) is 6.57. The Balaban J connectivity index is 2.22. The highest BCUT2D eigenvalue weighted by Crippen LogP contribution is 2.24. The molecule has 0 aromatic rings. The Labute approximate surface area is 90.3 Å². The lowest BCUT2D eigenvalue weighted by molar-refractivity contribution is 0.523. The SMILES string of the molecule is CCCNC1CCC(S(=O)CCC)C1. The largest absolute Gasteiger partial charge is 0.314 e. The number of hydrogen-bond acceptors (Lipinski definition) is 2. The van der Waals surface area contributed by atoms with E-state index in [-0.39, 0.29) is 0 Å². The van der Waals surface area contributed by atoms with Crippen molar-refractivity contribution >= 4 is 10.8 Å². The van der Waals surface area contributed by atoms with Gasteiger partial charge in [0.25, 0.3) is 0 Å². The van der Waals surface area contributed by atoms with E-state index in [0.29, 0.717) is 11.3 Å². The zero-order valence-electron chi connectivity index (χ0n) is 9.42. The predicted molar refractivity (Wildman–Crippen MR) is 63.0 cm³/mol. The zero-order chi connectivity index (χ0) is 10.4. The van der Waals surface area contributed by atoms with Crippen LogP contribution in [0.4, 0.5) is 0 Å². The smallest absolute Gasteiger partial charge is 0.0363 e. The molecule has 0 saturated heterocycles. The van der Waals surface area contributed by atoms with Gasteiger partial charge in [0, 0.05) is 27.8 Å². The topological polar surface area (TPSA) is 29.1 Å². The van der Waals surface area contributed by atoms with Gasteiger partial charge >= 0.3 is 0 Å². The Hall–Kier alpha value is 0.110. The summed E-state index contributed by atoms with van der Waals surface area (Å²) in [6.07, 6.45) is 5.76. The van der Waals surface area contributed by atoms with Crippen molar-refractivity contribution in [2.45, 2.75) is 57.2 Å². The summed E-state index contributed by atoms with van der Waals surface area (Å²) in [7, 11) is -0.562. The molecule has 84 valence electrons. The van der Waals surface area contributed by atoms with E-state index in [4.69, 9.17) is 0 Å². The molecule has 0 aromatic carbocycles. The van der Waals surface area contributed by atoms with E-state index in [0.717, 1.165) is 31.6 Å². The molecule has 1 rings (SSSR count). The van der Waals surface area contributed by atoms with Crippen molar-refractivity contribution in [3.05, 3.63) is 0 Å². The first-order valence-corrected chi connectivity index (χ1v) is 7.26. The summed E-state index contributed by atoms with van der Waals surface area (Å²) in [5.74, 6) is 0.894. The quantitative estimate of drug-likeness (QED) is 0.738. The lowest BCUT2D eigenvalue weighted by atomic mass is 10.2. The molecule has 0 spiro atoms. The third-order valence-electron chi connectivity index (χ3n) is 2.84. The van der Waals surface area contributed by atoms with Gasteiger partial charge < -0.3 is 5.32 Å². The van der Waals surface area contributed by atoms with E-state index in [1.54, 1.807) is 0 Å². The van der Waals surface area contributed by atoms with Gasteiger partial charge in [0.2, 0.25) is 0 Å². The minimum Gasteiger partial charge on any atom is -0.314 e. The van der Waals surface area contributed by atoms with E-state index in [1.807, 2.05) is 0 Å². The van der Waals surface area contributed by atoms with Gasteiger partial charge in [-0.15, -0.1) is 0 Å². The van der Waals surface area contributed by atoms with Crippen LogP contribution in [0, 0.1) is 0 Å². The Morgan fingerprint density at radius 3 is 2.71 bits per heavy atom. The Kier molecular flexibility index (Phi) is 5.71. The average Bonchev–Trinajstić information content (AvgIpc) is 2.63. The molecule has 3 heteroatoms. The van der Waals surface area contributed by atoms with E-state index < -0.39 is 10.8 Å². The first-order chi connectivity index (χ1) is 6.77. The van der Waals surface area contributed by atoms with Crippen LogP contribution in [0.3, 0.4) is 0 Å². The summed E-state index contributed by atoms with van der Waals surface area (Å²) in [4.78, 5) is 0. The van der Waals surface area contributed by atoms with Crippen molar-refractivity contribution in [3.63, 3.8) is 0 Å². The summed E-state index contributed by atoms with van der Waals surface area (Å²) in [6.45, 7) is 5.41. The van der Waals surface area contributed by atoms with Gasteiger partial charge in [-0.25, -0.2) is 0 Å². The Morgan fingerprint density at radius 2 is 2.07 bits per heavy atom. The molecule has 1 fully saturated rings. The number of rotatable bonds is 6. The first kappa shape index (κ1) is 12.2. The molecule has 0 radical (unpaired) electrons. The minimum absolute atomic E-state index is 0.476. The van der Waals surface area contributed by atoms with Gasteiger partial charge in [0.15, 0.2) is 0 Å². The third-order valence-corrected chi connectivity index (χ3v) is 4.83. The van der Waals surface area contributed by atoms with Crippen molar-refractivity contribution < 1.29 is 4.21 Å². The fourth-order valence-electron chi connectivity index (χ4n) is 2.08. The van der Waals surface area contributed by atoms with Crippen molar-refractivity contribution in [2.24, 2.45) is 0 Å². The summed E-state index contributed by atoms with van der Waals surface area (Å²) in [5.41, 5.74) is 0. The lowest BCUT2D eigenvalue weighted by Gasteiger charge is -2.12. The maximum Gasteiger partial charge on any atom is 0.0363 e. The standard InChI is InChI=1S/C11H23NOS/c1-3-7-12-10-5-6-11(9-10)14(13)8-4-2/h10-12H,3-9H2,1-2H3. The zero-order valence-corrected chi connectivity index (χ0v) is 10.2. The fraction of sp³-hybridized carbons (Fsp3) is 1.00. The van der Waals surface area contributed by atoms with Gasteiger partial charge in [-0.1, -0.05) is 13.8 Å². The molecule has 0 bridgehead atoms. The van der Waals surface area contributed by atoms with E-state index in [1.165, 1.54) is 12.8 Å². The van der Waals surface area contributed by atoms with Crippen LogP contribution in [-0.4, -0.2) is 27.8 Å². The molecule has 1 N–H and O–H groups in total. The second-order valence-corrected chi connectivity index (χ2v) is 6.01. The van der Waals surface area contributed by atoms with E-state index >= 15 is 0 Å². The van der Waals surface area contributed by atoms with Crippen LogP contribution in [0.15, 0.2) is 0 Å². The molecule has 1 aliphatic carbocycles. The van der Waals surface area contributed by atoms with Crippen LogP contribution < -0.4 is 5.32 Å². The Morgan fingerprint density at radius 1 is 1.29 bits per heavy atom. The second-order valence-electron chi connectivity index (χ2n) is 4.17. The monoisotopic (exact) mass is 217 g/mol. The van der Waals surface area contributed by atoms with Crippen molar-refractivity contribution in [1.82, 2.24) is 5.32 Å². The molecule has 0 aromatic heterocycles. The fourth-order valence-corrected chi connectivity index (χ4v) is 3.66. The number of nitrogens with one attached hydrogen (secondary N) is 1. The highest BCUT2D eigenvalue weighted by Gasteiger charge is 2.27. The molecule has 1 aliphatic rings. The van der Waals surface area contributed by atoms with Crippen LogP contribution in [0.25, 0.3) is 0 Å². The summed E-state index contributed by atoms with van der Waals surface area (Å²) >= 11 is 0. The molecule has 2 nitrogen and oxygen atoms in total. The van der Waals surface area contributed by atoms with Gasteiger partial charge in [-0.3, -0.25) is 4.21 Å². The predicted octanol–water partition coefficient (Wildman–Crippen LogP) is 2.07. The number of hydrogen-bond donors (Lipinski definition) is 1. The molecule has 3 atom stereocenters. The van der Waals surface area contributed by atoms with E-state index in [9.17, 15) is 4.21 Å². The van der Waals surface area contributed by atoms with Crippen LogP contribution >= 0.6 is 0 Å². The molecule has 3 unspecified atom stereocenters. The molecular weight excluding hydrogens is 194 g/mol. The van der Waals surface area contributed by atoms with Crippen LogP contribution in [0.2, 0.25) is 0 Å². The highest BCUT2D eigenvalue weighted by molar-refractivity contribution is 7.85. The molecule has 0 amide bonds. The molecule has 1 saturated carbocycles. The molecular formula is C11H23NOS. The molecule has 0 heterocycles. The summed E-state index contributed by atoms with van der Waals surface area (Å²) < 4.78 is 11.7. The third kappa shape index (κ3) is 3.70. The van der Waals surface area contributed by atoms with Crippen LogP contribution in [0.1, 0.15) is 46.0 Å².